The molecule has 1 fully saturated rings. The van der Waals surface area contributed by atoms with E-state index in [0.29, 0.717) is 22.3 Å². The maximum atomic E-state index is 12.7. The summed E-state index contributed by atoms with van der Waals surface area (Å²) in [4.78, 5) is 28.2. The Morgan fingerprint density at radius 1 is 1.12 bits per heavy atom. The minimum atomic E-state index is -0.378. The zero-order chi connectivity index (χ0) is 17.3. The van der Waals surface area contributed by atoms with E-state index in [-0.39, 0.29) is 24.2 Å². The van der Waals surface area contributed by atoms with Gasteiger partial charge in [0, 0.05) is 31.4 Å². The number of carbonyl (C=O) groups excluding carboxylic acids is 2. The second-order valence-corrected chi connectivity index (χ2v) is 6.55. The Morgan fingerprint density at radius 3 is 2.50 bits per heavy atom. The van der Waals surface area contributed by atoms with Crippen molar-refractivity contribution in [1.82, 2.24) is 0 Å². The third-order valence-corrected chi connectivity index (χ3v) is 4.90. The smallest absolute Gasteiger partial charge is 0.232 e. The van der Waals surface area contributed by atoms with Crippen LogP contribution in [-0.2, 0) is 9.59 Å². The van der Waals surface area contributed by atoms with Gasteiger partial charge in [-0.1, -0.05) is 41.4 Å². The van der Waals surface area contributed by atoms with Crippen LogP contribution in [0.5, 0.6) is 0 Å². The van der Waals surface area contributed by atoms with Crippen LogP contribution in [0.15, 0.2) is 48.5 Å². The fourth-order valence-electron chi connectivity index (χ4n) is 2.83. The van der Waals surface area contributed by atoms with Crippen LogP contribution < -0.4 is 9.80 Å². The molecule has 0 saturated carbocycles. The SMILES string of the molecule is CN(C(=O)C1CC(=O)N(c2ccc(Cl)c(Cl)c2)C1)c1ccccc1. The number of halogens is 2. The predicted molar refractivity (Wildman–Crippen MR) is 96.8 cm³/mol. The lowest BCUT2D eigenvalue weighted by Crippen LogP contribution is -2.34. The Hall–Kier alpha value is -2.04. The third kappa shape index (κ3) is 3.25. The van der Waals surface area contributed by atoms with Crippen molar-refractivity contribution in [2.24, 2.45) is 5.92 Å². The molecule has 0 spiro atoms. The summed E-state index contributed by atoms with van der Waals surface area (Å²) in [6.45, 7) is 0.340. The van der Waals surface area contributed by atoms with E-state index in [9.17, 15) is 9.59 Å². The van der Waals surface area contributed by atoms with Crippen LogP contribution in [-0.4, -0.2) is 25.4 Å². The summed E-state index contributed by atoms with van der Waals surface area (Å²) in [6.07, 6.45) is 0.191. The van der Waals surface area contributed by atoms with Crippen molar-refractivity contribution in [3.63, 3.8) is 0 Å². The van der Waals surface area contributed by atoms with Crippen LogP contribution in [0, 0.1) is 5.92 Å². The topological polar surface area (TPSA) is 40.6 Å². The van der Waals surface area contributed by atoms with Crippen molar-refractivity contribution >= 4 is 46.4 Å². The van der Waals surface area contributed by atoms with Crippen molar-refractivity contribution in [1.29, 1.82) is 0 Å². The highest BCUT2D eigenvalue weighted by atomic mass is 35.5. The van der Waals surface area contributed by atoms with Gasteiger partial charge in [-0.25, -0.2) is 0 Å². The zero-order valence-corrected chi connectivity index (χ0v) is 14.6. The number of hydrogen-bond acceptors (Lipinski definition) is 2. The molecule has 24 heavy (non-hydrogen) atoms. The third-order valence-electron chi connectivity index (χ3n) is 4.16. The quantitative estimate of drug-likeness (QED) is 0.827. The molecular formula is C18H16Cl2N2O2. The first-order valence-corrected chi connectivity index (χ1v) is 8.31. The van der Waals surface area contributed by atoms with Gasteiger partial charge >= 0.3 is 0 Å². The van der Waals surface area contributed by atoms with Gasteiger partial charge in [0.1, 0.15) is 0 Å². The molecule has 4 nitrogen and oxygen atoms in total. The van der Waals surface area contributed by atoms with Crippen LogP contribution in [0.2, 0.25) is 10.0 Å². The Labute approximate surface area is 150 Å². The lowest BCUT2D eigenvalue weighted by Gasteiger charge is -2.21. The van der Waals surface area contributed by atoms with Gasteiger partial charge in [0.15, 0.2) is 0 Å². The van der Waals surface area contributed by atoms with Crippen LogP contribution >= 0.6 is 23.2 Å². The highest BCUT2D eigenvalue weighted by Crippen LogP contribution is 2.31. The Morgan fingerprint density at radius 2 is 1.83 bits per heavy atom. The molecule has 2 aromatic rings. The summed E-state index contributed by atoms with van der Waals surface area (Å²) < 4.78 is 0. The highest BCUT2D eigenvalue weighted by Gasteiger charge is 2.36. The molecule has 0 bridgehead atoms. The lowest BCUT2D eigenvalue weighted by molar-refractivity contribution is -0.124. The van der Waals surface area contributed by atoms with Crippen LogP contribution in [0.1, 0.15) is 6.42 Å². The standard InChI is InChI=1S/C18H16Cl2N2O2/c1-21(13-5-3-2-4-6-13)18(24)12-9-17(23)22(11-12)14-7-8-15(19)16(20)10-14/h2-8,10,12H,9,11H2,1H3. The molecule has 2 amide bonds. The second-order valence-electron chi connectivity index (χ2n) is 5.74. The number of nitrogens with zero attached hydrogens (tertiary/aromatic N) is 2. The second kappa shape index (κ2) is 6.83. The molecule has 124 valence electrons. The molecule has 6 heteroatoms. The molecule has 1 aliphatic rings. The molecule has 0 radical (unpaired) electrons. The van der Waals surface area contributed by atoms with Crippen LogP contribution in [0.25, 0.3) is 0 Å². The molecular weight excluding hydrogens is 347 g/mol. The normalized spacial score (nSPS) is 17.2. The Kier molecular flexibility index (Phi) is 4.78. The molecule has 0 aromatic heterocycles. The van der Waals surface area contributed by atoms with Gasteiger partial charge in [0.2, 0.25) is 11.8 Å². The Balaban J connectivity index is 1.76. The van der Waals surface area contributed by atoms with Gasteiger partial charge in [-0.15, -0.1) is 0 Å². The Bertz CT molecular complexity index is 780. The van der Waals surface area contributed by atoms with E-state index in [2.05, 4.69) is 0 Å². The summed E-state index contributed by atoms with van der Waals surface area (Å²) in [5.41, 5.74) is 1.47. The number of para-hydroxylation sites is 1. The van der Waals surface area contributed by atoms with Gasteiger partial charge in [-0.2, -0.15) is 0 Å². The summed E-state index contributed by atoms with van der Waals surface area (Å²) >= 11 is 11.9. The number of amides is 2. The van der Waals surface area contributed by atoms with Crippen molar-refractivity contribution < 1.29 is 9.59 Å². The predicted octanol–water partition coefficient (Wildman–Crippen LogP) is 4.01. The summed E-state index contributed by atoms with van der Waals surface area (Å²) in [7, 11) is 1.73. The van der Waals surface area contributed by atoms with E-state index in [1.807, 2.05) is 30.3 Å². The van der Waals surface area contributed by atoms with Crippen LogP contribution in [0.3, 0.4) is 0 Å². The molecule has 2 aromatic carbocycles. The van der Waals surface area contributed by atoms with Crippen molar-refractivity contribution in [2.45, 2.75) is 6.42 Å². The minimum Gasteiger partial charge on any atom is -0.315 e. The fourth-order valence-corrected chi connectivity index (χ4v) is 3.12. The van der Waals surface area contributed by atoms with E-state index in [1.165, 1.54) is 0 Å². The first-order chi connectivity index (χ1) is 11.5. The molecule has 1 atom stereocenters. The monoisotopic (exact) mass is 362 g/mol. The number of hydrogen-bond donors (Lipinski definition) is 0. The van der Waals surface area contributed by atoms with Gasteiger partial charge in [-0.05, 0) is 30.3 Å². The molecule has 1 unspecified atom stereocenters. The van der Waals surface area contributed by atoms with E-state index >= 15 is 0 Å². The van der Waals surface area contributed by atoms with Gasteiger partial charge < -0.3 is 9.80 Å². The van der Waals surface area contributed by atoms with Crippen molar-refractivity contribution in [2.75, 3.05) is 23.4 Å². The molecule has 0 aliphatic carbocycles. The van der Waals surface area contributed by atoms with E-state index < -0.39 is 0 Å². The molecule has 1 saturated heterocycles. The summed E-state index contributed by atoms with van der Waals surface area (Å²) in [5, 5.41) is 0.821. The lowest BCUT2D eigenvalue weighted by atomic mass is 10.1. The maximum absolute atomic E-state index is 12.7. The van der Waals surface area contributed by atoms with Crippen molar-refractivity contribution in [3.05, 3.63) is 58.6 Å². The van der Waals surface area contributed by atoms with Gasteiger partial charge in [-0.3, -0.25) is 9.59 Å². The first kappa shape index (κ1) is 16.8. The fraction of sp³-hybridized carbons (Fsp3) is 0.222. The zero-order valence-electron chi connectivity index (χ0n) is 13.1. The summed E-state index contributed by atoms with van der Waals surface area (Å²) in [6, 6.07) is 14.4. The maximum Gasteiger partial charge on any atom is 0.232 e. The molecule has 3 rings (SSSR count). The average Bonchev–Trinajstić information content (AvgIpc) is 2.98. The largest absolute Gasteiger partial charge is 0.315 e. The number of benzene rings is 2. The molecule has 1 aliphatic heterocycles. The van der Waals surface area contributed by atoms with E-state index in [4.69, 9.17) is 23.2 Å². The number of anilines is 2. The minimum absolute atomic E-state index is 0.0721. The van der Waals surface area contributed by atoms with E-state index in [0.717, 1.165) is 5.69 Å². The molecule has 0 N–H and O–H groups in total. The van der Waals surface area contributed by atoms with Crippen LogP contribution in [0.4, 0.5) is 11.4 Å². The molecule has 1 heterocycles. The summed E-state index contributed by atoms with van der Waals surface area (Å²) in [5.74, 6) is -0.539. The first-order valence-electron chi connectivity index (χ1n) is 7.55. The van der Waals surface area contributed by atoms with E-state index in [1.54, 1.807) is 35.0 Å². The van der Waals surface area contributed by atoms with Crippen molar-refractivity contribution in [3.8, 4) is 0 Å². The van der Waals surface area contributed by atoms with Gasteiger partial charge in [0.25, 0.3) is 0 Å². The highest BCUT2D eigenvalue weighted by molar-refractivity contribution is 6.42. The number of carbonyl (C=O) groups is 2. The number of rotatable bonds is 3. The average molecular weight is 363 g/mol. The van der Waals surface area contributed by atoms with Gasteiger partial charge in [0.05, 0.1) is 16.0 Å².